The van der Waals surface area contributed by atoms with Crippen molar-refractivity contribution in [3.05, 3.63) is 0 Å². The largest absolute Gasteiger partial charge is 0.256 e. The summed E-state index contributed by atoms with van der Waals surface area (Å²) in [7, 11) is 0. The van der Waals surface area contributed by atoms with E-state index in [1.54, 1.807) is 0 Å². The lowest BCUT2D eigenvalue weighted by Crippen LogP contribution is -2.48. The van der Waals surface area contributed by atoms with Crippen molar-refractivity contribution in [3.63, 3.8) is 0 Å². The van der Waals surface area contributed by atoms with Crippen LogP contribution in [0.1, 0.15) is 6.92 Å². The lowest BCUT2D eigenvalue weighted by atomic mass is 10.1. The highest BCUT2D eigenvalue weighted by Crippen LogP contribution is 2.49. The zero-order chi connectivity index (χ0) is 10.2. The van der Waals surface area contributed by atoms with Gasteiger partial charge in [-0.2, -0.15) is 0 Å². The summed E-state index contributed by atoms with van der Waals surface area (Å²) in [6, 6.07) is 0. The third-order valence-electron chi connectivity index (χ3n) is 1.34. The van der Waals surface area contributed by atoms with Crippen molar-refractivity contribution in [2.75, 3.05) is 0 Å². The lowest BCUT2D eigenvalue weighted by molar-refractivity contribution is 0.0508. The third-order valence-corrected chi connectivity index (χ3v) is 7.34. The van der Waals surface area contributed by atoms with E-state index in [2.05, 4.69) is 0 Å². The topological polar surface area (TPSA) is 0 Å². The molecule has 0 aromatic heterocycles. The van der Waals surface area contributed by atoms with Gasteiger partial charge in [-0.05, 0) is 52.1 Å². The summed E-state index contributed by atoms with van der Waals surface area (Å²) >= 11 is 3.49. The molecule has 3 atom stereocenters. The first-order chi connectivity index (χ1) is 5.14. The van der Waals surface area contributed by atoms with Crippen molar-refractivity contribution in [3.8, 4) is 0 Å². The van der Waals surface area contributed by atoms with Gasteiger partial charge in [-0.15, -0.1) is 0 Å². The molecular weight excluding hydrogens is 517 g/mol. The van der Waals surface area contributed by atoms with Crippen molar-refractivity contribution in [2.45, 2.75) is 24.6 Å². The Morgan fingerprint density at radius 2 is 1.50 bits per heavy atom. The maximum atomic E-state index is 13.4. The molecule has 0 aromatic carbocycles. The zero-order valence-electron chi connectivity index (χ0n) is 5.80. The SMILES string of the molecule is CC(I)(C(F)F)C(F)(I)C(F)I. The van der Waals surface area contributed by atoms with Gasteiger partial charge in [0.25, 0.3) is 6.43 Å². The fourth-order valence-electron chi connectivity index (χ4n) is 0.359. The van der Waals surface area contributed by atoms with E-state index >= 15 is 0 Å². The van der Waals surface area contributed by atoms with Crippen molar-refractivity contribution in [1.82, 2.24) is 0 Å². The van der Waals surface area contributed by atoms with Crippen molar-refractivity contribution in [2.24, 2.45) is 0 Å². The van der Waals surface area contributed by atoms with Crippen LogP contribution in [0.2, 0.25) is 0 Å². The van der Waals surface area contributed by atoms with Gasteiger partial charge in [-0.1, -0.05) is 22.6 Å². The Kier molecular flexibility index (Phi) is 5.35. The number of halogens is 7. The lowest BCUT2D eigenvalue weighted by Gasteiger charge is -2.33. The molecule has 0 spiro atoms. The van der Waals surface area contributed by atoms with Gasteiger partial charge < -0.3 is 0 Å². The Bertz CT molecular complexity index is 139. The minimum Gasteiger partial charge on any atom is -0.231 e. The first-order valence-electron chi connectivity index (χ1n) is 2.77. The zero-order valence-corrected chi connectivity index (χ0v) is 12.3. The van der Waals surface area contributed by atoms with Crippen LogP contribution in [-0.2, 0) is 0 Å². The van der Waals surface area contributed by atoms with Crippen LogP contribution in [0.3, 0.4) is 0 Å². The molecule has 0 N–H and O–H groups in total. The Balaban J connectivity index is 4.75. The molecule has 12 heavy (non-hydrogen) atoms. The molecule has 0 saturated carbocycles. The molecule has 0 rings (SSSR count). The van der Waals surface area contributed by atoms with E-state index in [0.29, 0.717) is 0 Å². The van der Waals surface area contributed by atoms with Gasteiger partial charge in [0.1, 0.15) is 3.42 Å². The molecule has 0 saturated heterocycles. The second-order valence-corrected chi connectivity index (χ2v) is 7.20. The Labute approximate surface area is 109 Å². The average Bonchev–Trinajstić information content (AvgIpc) is 1.86. The van der Waals surface area contributed by atoms with Gasteiger partial charge in [0.2, 0.25) is 3.68 Å². The van der Waals surface area contributed by atoms with E-state index in [9.17, 15) is 17.6 Å². The molecule has 0 aliphatic carbocycles. The summed E-state index contributed by atoms with van der Waals surface area (Å²) in [6.07, 6.45) is -2.90. The van der Waals surface area contributed by atoms with Gasteiger partial charge in [0.05, 0.1) is 0 Å². The molecule has 7 heteroatoms. The van der Waals surface area contributed by atoms with Crippen molar-refractivity contribution in [1.29, 1.82) is 0 Å². The number of alkyl halides is 7. The Hall–Kier alpha value is 1.91. The summed E-state index contributed by atoms with van der Waals surface area (Å²) < 4.78 is 43.9. The quantitative estimate of drug-likeness (QED) is 0.296. The minimum atomic E-state index is -2.90. The monoisotopic (exact) mass is 522 g/mol. The van der Waals surface area contributed by atoms with Crippen LogP contribution in [0.25, 0.3) is 0 Å². The summed E-state index contributed by atoms with van der Waals surface area (Å²) in [4.78, 5) is 0. The Morgan fingerprint density at radius 3 is 1.58 bits per heavy atom. The van der Waals surface area contributed by atoms with Crippen LogP contribution in [0, 0.1) is 0 Å². The standard InChI is InChI=1S/C5H5F4I3/c1-4(11,2(6)7)5(9,12)3(8)10/h2-3H,1H3. The molecule has 0 radical (unpaired) electrons. The minimum absolute atomic E-state index is 0.996. The van der Waals surface area contributed by atoms with E-state index in [-0.39, 0.29) is 0 Å². The maximum Gasteiger partial charge on any atom is 0.256 e. The molecule has 0 aliphatic heterocycles. The molecular formula is C5H5F4I3. The average molecular weight is 522 g/mol. The van der Waals surface area contributed by atoms with Gasteiger partial charge >= 0.3 is 0 Å². The van der Waals surface area contributed by atoms with Crippen LogP contribution in [0.5, 0.6) is 0 Å². The Morgan fingerprint density at radius 1 is 1.17 bits per heavy atom. The fourth-order valence-corrected chi connectivity index (χ4v) is 2.11. The van der Waals surface area contributed by atoms with Crippen molar-refractivity contribution < 1.29 is 17.6 Å². The molecule has 74 valence electrons. The van der Waals surface area contributed by atoms with E-state index < -0.39 is 17.7 Å². The highest BCUT2D eigenvalue weighted by molar-refractivity contribution is 14.1. The van der Waals surface area contributed by atoms with Crippen LogP contribution in [0.15, 0.2) is 0 Å². The van der Waals surface area contributed by atoms with Crippen molar-refractivity contribution >= 4 is 67.8 Å². The van der Waals surface area contributed by atoms with Gasteiger partial charge in [0.15, 0.2) is 4.18 Å². The maximum absolute atomic E-state index is 13.4. The van der Waals surface area contributed by atoms with Gasteiger partial charge in [-0.3, -0.25) is 0 Å². The summed E-state index contributed by atoms with van der Waals surface area (Å²) in [6.45, 7) is 0.996. The predicted molar refractivity (Wildman–Crippen MR) is 65.2 cm³/mol. The number of hydrogen-bond acceptors (Lipinski definition) is 0. The van der Waals surface area contributed by atoms with Crippen LogP contribution >= 0.6 is 67.8 Å². The molecule has 0 heterocycles. The fraction of sp³-hybridized carbons (Fsp3) is 1.00. The van der Waals surface area contributed by atoms with E-state index in [1.807, 2.05) is 0 Å². The molecule has 0 aromatic rings. The van der Waals surface area contributed by atoms with Crippen LogP contribution in [-0.4, -0.2) is 17.7 Å². The molecule has 0 fully saturated rings. The second-order valence-electron chi connectivity index (χ2n) is 2.30. The first kappa shape index (κ1) is 13.9. The number of rotatable bonds is 3. The molecule has 0 amide bonds. The van der Waals surface area contributed by atoms with Gasteiger partial charge in [-0.25, -0.2) is 17.6 Å². The number of hydrogen-bond donors (Lipinski definition) is 0. The highest BCUT2D eigenvalue weighted by Gasteiger charge is 2.56. The van der Waals surface area contributed by atoms with Gasteiger partial charge in [0, 0.05) is 0 Å². The second kappa shape index (κ2) is 4.62. The first-order valence-corrected chi connectivity index (χ1v) is 6.17. The summed E-state index contributed by atoms with van der Waals surface area (Å²) in [5, 5.41) is 0. The third kappa shape index (κ3) is 2.70. The van der Waals surface area contributed by atoms with E-state index in [4.69, 9.17) is 0 Å². The highest BCUT2D eigenvalue weighted by atomic mass is 127. The summed E-state index contributed by atoms with van der Waals surface area (Å²) in [5.74, 6) is 0. The van der Waals surface area contributed by atoms with Crippen LogP contribution < -0.4 is 0 Å². The van der Waals surface area contributed by atoms with E-state index in [1.165, 1.54) is 22.6 Å². The normalized spacial score (nSPS) is 24.8. The molecule has 0 nitrogen and oxygen atoms in total. The smallest absolute Gasteiger partial charge is 0.231 e. The molecule has 3 unspecified atom stereocenters. The molecule has 0 bridgehead atoms. The van der Waals surface area contributed by atoms with E-state index in [0.717, 1.165) is 52.1 Å². The molecule has 0 aliphatic rings. The summed E-state index contributed by atoms with van der Waals surface area (Å²) in [5.41, 5.74) is 0. The predicted octanol–water partition coefficient (Wildman–Crippen LogP) is 4.28. The van der Waals surface area contributed by atoms with Crippen LogP contribution in [0.4, 0.5) is 17.6 Å².